The second-order valence-electron chi connectivity index (χ2n) is 4.32. The van der Waals surface area contributed by atoms with Crippen LogP contribution in [0.5, 0.6) is 11.6 Å². The second kappa shape index (κ2) is 8.39. The van der Waals surface area contributed by atoms with Gasteiger partial charge in [0.15, 0.2) is 11.6 Å². The molecule has 6 heteroatoms. The fourth-order valence-electron chi connectivity index (χ4n) is 1.74. The molecule has 0 spiro atoms. The summed E-state index contributed by atoms with van der Waals surface area (Å²) in [4.78, 5) is 15.9. The summed E-state index contributed by atoms with van der Waals surface area (Å²) in [5, 5.41) is 2.62. The predicted octanol–water partition coefficient (Wildman–Crippen LogP) is 2.04. The van der Waals surface area contributed by atoms with Crippen molar-refractivity contribution in [1.82, 2.24) is 10.3 Å². The molecule has 2 aromatic rings. The molecule has 1 amide bonds. The molecule has 0 aliphatic heterocycles. The average molecular weight is 314 g/mol. The molecular formula is C17H15FN2O3. The Balaban J connectivity index is 1.79. The average Bonchev–Trinajstić information content (AvgIpc) is 2.59. The molecular weight excluding hydrogens is 299 g/mol. The maximum absolute atomic E-state index is 13.3. The molecule has 0 radical (unpaired) electrons. The zero-order chi connectivity index (χ0) is 16.5. The zero-order valence-electron chi connectivity index (χ0n) is 12.5. The minimum atomic E-state index is -0.439. The monoisotopic (exact) mass is 314 g/mol. The normalized spacial score (nSPS) is 9.48. The first-order valence-electron chi connectivity index (χ1n) is 6.82. The summed E-state index contributed by atoms with van der Waals surface area (Å²) in [6.45, 7) is 0.171. The van der Waals surface area contributed by atoms with Crippen LogP contribution in [0, 0.1) is 17.7 Å². The number of carbonyl (C=O) groups is 1. The molecule has 0 aliphatic carbocycles. The van der Waals surface area contributed by atoms with E-state index in [1.165, 1.54) is 25.4 Å². The van der Waals surface area contributed by atoms with Gasteiger partial charge in [-0.1, -0.05) is 24.0 Å². The lowest BCUT2D eigenvalue weighted by Crippen LogP contribution is -2.24. The Morgan fingerprint density at radius 2 is 2.09 bits per heavy atom. The fourth-order valence-corrected chi connectivity index (χ4v) is 1.74. The van der Waals surface area contributed by atoms with E-state index in [9.17, 15) is 9.18 Å². The Morgan fingerprint density at radius 3 is 2.87 bits per heavy atom. The smallest absolute Gasteiger partial charge is 0.257 e. The standard InChI is InChI=1S/C17H15FN2O3/c1-22-17-13(7-6-11-20-17)16(21)19-10-4-5-12-23-15-9-3-2-8-14(15)18/h2-3,6-9,11H,10,12H2,1H3,(H,19,21). The van der Waals surface area contributed by atoms with E-state index in [4.69, 9.17) is 9.47 Å². The zero-order valence-corrected chi connectivity index (χ0v) is 12.5. The SMILES string of the molecule is COc1ncccc1C(=O)NCC#CCOc1ccccc1F. The summed E-state index contributed by atoms with van der Waals surface area (Å²) >= 11 is 0. The number of carbonyl (C=O) groups excluding carboxylic acids is 1. The van der Waals surface area contributed by atoms with Crippen molar-refractivity contribution >= 4 is 5.91 Å². The van der Waals surface area contributed by atoms with Crippen LogP contribution < -0.4 is 14.8 Å². The van der Waals surface area contributed by atoms with Gasteiger partial charge < -0.3 is 14.8 Å². The number of amides is 1. The molecule has 23 heavy (non-hydrogen) atoms. The number of hydrogen-bond acceptors (Lipinski definition) is 4. The van der Waals surface area contributed by atoms with Gasteiger partial charge in [0, 0.05) is 6.20 Å². The maximum Gasteiger partial charge on any atom is 0.257 e. The maximum atomic E-state index is 13.3. The highest BCUT2D eigenvalue weighted by Gasteiger charge is 2.11. The highest BCUT2D eigenvalue weighted by molar-refractivity contribution is 5.96. The van der Waals surface area contributed by atoms with E-state index in [2.05, 4.69) is 22.1 Å². The molecule has 5 nitrogen and oxygen atoms in total. The van der Waals surface area contributed by atoms with E-state index in [1.807, 2.05) is 0 Å². The summed E-state index contributed by atoms with van der Waals surface area (Å²) in [6, 6.07) is 9.34. The number of nitrogens with zero attached hydrogens (tertiary/aromatic N) is 1. The van der Waals surface area contributed by atoms with Crippen molar-refractivity contribution in [1.29, 1.82) is 0 Å². The number of benzene rings is 1. The van der Waals surface area contributed by atoms with E-state index in [-0.39, 0.29) is 30.7 Å². The number of rotatable bonds is 5. The van der Waals surface area contributed by atoms with Gasteiger partial charge in [-0.05, 0) is 24.3 Å². The van der Waals surface area contributed by atoms with Crippen LogP contribution in [0.25, 0.3) is 0 Å². The van der Waals surface area contributed by atoms with Gasteiger partial charge in [0.2, 0.25) is 5.88 Å². The van der Waals surface area contributed by atoms with Crippen LogP contribution in [-0.4, -0.2) is 31.2 Å². The number of nitrogens with one attached hydrogen (secondary N) is 1. The summed E-state index contributed by atoms with van der Waals surface area (Å²) in [6.07, 6.45) is 1.54. The predicted molar refractivity (Wildman–Crippen MR) is 82.8 cm³/mol. The van der Waals surface area contributed by atoms with E-state index in [0.29, 0.717) is 5.56 Å². The largest absolute Gasteiger partial charge is 0.480 e. The van der Waals surface area contributed by atoms with Gasteiger partial charge in [-0.25, -0.2) is 9.37 Å². The van der Waals surface area contributed by atoms with Crippen LogP contribution in [0.15, 0.2) is 42.6 Å². The van der Waals surface area contributed by atoms with Crippen LogP contribution in [0.1, 0.15) is 10.4 Å². The van der Waals surface area contributed by atoms with Crippen LogP contribution in [-0.2, 0) is 0 Å². The third-order valence-corrected chi connectivity index (χ3v) is 2.81. The molecule has 0 aliphatic rings. The van der Waals surface area contributed by atoms with Crippen LogP contribution in [0.3, 0.4) is 0 Å². The van der Waals surface area contributed by atoms with Gasteiger partial charge in [0.1, 0.15) is 12.2 Å². The Labute approximate surface area is 133 Å². The Hall–Kier alpha value is -3.07. The van der Waals surface area contributed by atoms with Crippen molar-refractivity contribution in [2.75, 3.05) is 20.3 Å². The quantitative estimate of drug-likeness (QED) is 0.858. The van der Waals surface area contributed by atoms with Crippen molar-refractivity contribution in [3.8, 4) is 23.5 Å². The number of pyridine rings is 1. The summed E-state index contributed by atoms with van der Waals surface area (Å²) in [5.74, 6) is 5.04. The number of hydrogen-bond donors (Lipinski definition) is 1. The molecule has 0 unspecified atom stereocenters. The van der Waals surface area contributed by atoms with E-state index < -0.39 is 5.82 Å². The molecule has 118 valence electrons. The van der Waals surface area contributed by atoms with Crippen LogP contribution in [0.2, 0.25) is 0 Å². The first-order chi connectivity index (χ1) is 11.2. The molecule has 1 heterocycles. The van der Waals surface area contributed by atoms with E-state index in [0.717, 1.165) is 0 Å². The molecule has 0 saturated heterocycles. The summed E-state index contributed by atoms with van der Waals surface area (Å²) in [7, 11) is 1.44. The lowest BCUT2D eigenvalue weighted by Gasteiger charge is -2.05. The summed E-state index contributed by atoms with van der Waals surface area (Å²) in [5.41, 5.74) is 0.333. The molecule has 0 atom stereocenters. The number of aromatic nitrogens is 1. The van der Waals surface area contributed by atoms with Crippen molar-refractivity contribution < 1.29 is 18.7 Å². The first-order valence-corrected chi connectivity index (χ1v) is 6.82. The third-order valence-electron chi connectivity index (χ3n) is 2.81. The molecule has 0 fully saturated rings. The molecule has 0 saturated carbocycles. The molecule has 2 rings (SSSR count). The Kier molecular flexibility index (Phi) is 5.95. The lowest BCUT2D eigenvalue weighted by atomic mass is 10.2. The first kappa shape index (κ1) is 16.3. The van der Waals surface area contributed by atoms with Gasteiger partial charge in [-0.15, -0.1) is 0 Å². The minimum Gasteiger partial charge on any atom is -0.480 e. The second-order valence-corrected chi connectivity index (χ2v) is 4.32. The number of para-hydroxylation sites is 1. The van der Waals surface area contributed by atoms with Gasteiger partial charge in [-0.2, -0.15) is 0 Å². The van der Waals surface area contributed by atoms with Crippen LogP contribution >= 0.6 is 0 Å². The molecule has 1 aromatic heterocycles. The van der Waals surface area contributed by atoms with Gasteiger partial charge >= 0.3 is 0 Å². The molecule has 1 N–H and O–H groups in total. The number of methoxy groups -OCH3 is 1. The van der Waals surface area contributed by atoms with E-state index in [1.54, 1.807) is 24.3 Å². The Morgan fingerprint density at radius 1 is 1.26 bits per heavy atom. The van der Waals surface area contributed by atoms with Crippen molar-refractivity contribution in [3.05, 3.63) is 54.0 Å². The molecule has 1 aromatic carbocycles. The topological polar surface area (TPSA) is 60.5 Å². The van der Waals surface area contributed by atoms with Crippen molar-refractivity contribution in [2.45, 2.75) is 0 Å². The minimum absolute atomic E-state index is 0.0347. The van der Waals surface area contributed by atoms with Gasteiger partial charge in [0.25, 0.3) is 5.91 Å². The number of halogens is 1. The number of ether oxygens (including phenoxy) is 2. The molecule has 0 bridgehead atoms. The third kappa shape index (κ3) is 4.71. The summed E-state index contributed by atoms with van der Waals surface area (Å²) < 4.78 is 23.5. The van der Waals surface area contributed by atoms with Crippen LogP contribution in [0.4, 0.5) is 4.39 Å². The lowest BCUT2D eigenvalue weighted by molar-refractivity contribution is 0.0955. The highest BCUT2D eigenvalue weighted by atomic mass is 19.1. The fraction of sp³-hybridized carbons (Fsp3) is 0.176. The van der Waals surface area contributed by atoms with Gasteiger partial charge in [0.05, 0.1) is 13.7 Å². The highest BCUT2D eigenvalue weighted by Crippen LogP contribution is 2.14. The Bertz CT molecular complexity index is 738. The van der Waals surface area contributed by atoms with E-state index >= 15 is 0 Å². The van der Waals surface area contributed by atoms with Crippen molar-refractivity contribution in [2.24, 2.45) is 0 Å². The van der Waals surface area contributed by atoms with Crippen molar-refractivity contribution in [3.63, 3.8) is 0 Å². The van der Waals surface area contributed by atoms with Gasteiger partial charge in [-0.3, -0.25) is 4.79 Å².